The van der Waals surface area contributed by atoms with Gasteiger partial charge < -0.3 is 13.9 Å². The van der Waals surface area contributed by atoms with Crippen LogP contribution in [0, 0.1) is 0 Å². The van der Waals surface area contributed by atoms with Gasteiger partial charge in [0.1, 0.15) is 11.5 Å². The number of fused-ring (bicyclic) bond motifs is 4. The predicted octanol–water partition coefficient (Wildman–Crippen LogP) is 15.9. The second-order valence-electron chi connectivity index (χ2n) is 22.5. The summed E-state index contributed by atoms with van der Waals surface area (Å²) >= 11 is 0. The van der Waals surface area contributed by atoms with Crippen molar-refractivity contribution in [2.24, 2.45) is 0 Å². The van der Waals surface area contributed by atoms with Gasteiger partial charge in [0.05, 0.1) is 5.56 Å². The Balaban J connectivity index is 0.851. The van der Waals surface area contributed by atoms with Gasteiger partial charge in [0, 0.05) is 127 Å². The molecule has 80 heavy (non-hydrogen) atoms. The van der Waals surface area contributed by atoms with Gasteiger partial charge in [0.2, 0.25) is 0 Å². The summed E-state index contributed by atoms with van der Waals surface area (Å²) in [6, 6.07) is 52.7. The number of ether oxygens (including phenoxy) is 1. The zero-order valence-corrected chi connectivity index (χ0v) is 45.4. The van der Waals surface area contributed by atoms with Crippen molar-refractivity contribution in [1.82, 2.24) is 23.8 Å². The number of carbonyl (C=O) groups is 4. The second-order valence-corrected chi connectivity index (χ2v) is 22.5. The largest absolute Gasteiger partial charge is 0.457 e. The molecule has 2 aromatic heterocycles. The van der Waals surface area contributed by atoms with Gasteiger partial charge in [0.25, 0.3) is 23.6 Å². The number of amides is 4. The average molecular weight is 1050 g/mol. The number of hydrogen-bond acceptors (Lipinski definition) is 6. The first-order chi connectivity index (χ1) is 39.2. The summed E-state index contributed by atoms with van der Waals surface area (Å²) in [6.07, 6.45) is 3.57. The summed E-state index contributed by atoms with van der Waals surface area (Å²) in [7, 11) is 0. The molecule has 10 nitrogen and oxygen atoms in total. The Morgan fingerprint density at radius 1 is 0.412 bits per heavy atom. The Hall–Kier alpha value is -8.86. The lowest BCUT2D eigenvalue weighted by atomic mass is 9.81. The lowest BCUT2D eigenvalue weighted by molar-refractivity contribution is 0.0514. The standard InChI is InChI=1S/C70H59N5O5/c1-5-43(6-2)74-67(76)51-27-24-48-49-25-28-53-64-56(70(79)75(69(53)78)44(7-3)8-4)36-61(65(66(49)64)50-26-29-52(68(74)77)63(51)62(48)50)80-45-22-18-40(19-23-45)37-71-38-41-20-30-59-54(34-41)46-14-9-11-16-57(46)72(59)32-13-33-73-58-17-12-10-15-47(58)55-35-42(39-71)21-31-60(55)73/h9-12,14-31,34-36,43-44H,5-8,13,32-33,37-39H2,1-4H3. The third-order valence-corrected chi connectivity index (χ3v) is 18.2. The minimum absolute atomic E-state index is 0.227. The van der Waals surface area contributed by atoms with Gasteiger partial charge in [-0.3, -0.25) is 33.9 Å². The topological polar surface area (TPSA) is 97.1 Å². The lowest BCUT2D eigenvalue weighted by Gasteiger charge is -2.35. The van der Waals surface area contributed by atoms with Crippen LogP contribution in [0.2, 0.25) is 0 Å². The van der Waals surface area contributed by atoms with Crippen LogP contribution in [0.15, 0.2) is 152 Å². The fraction of sp³-hybridized carbons (Fsp3) is 0.229. The molecule has 18 rings (SSSR count). The molecule has 10 aromatic carbocycles. The summed E-state index contributed by atoms with van der Waals surface area (Å²) in [6.45, 7) is 12.0. The molecule has 8 bridgehead atoms. The van der Waals surface area contributed by atoms with Crippen LogP contribution in [0.3, 0.4) is 0 Å². The maximum atomic E-state index is 14.9. The van der Waals surface area contributed by atoms with Crippen molar-refractivity contribution in [1.29, 1.82) is 0 Å². The number of rotatable bonds is 10. The van der Waals surface area contributed by atoms with E-state index in [4.69, 9.17) is 4.74 Å². The molecule has 0 N–H and O–H groups in total. The maximum absolute atomic E-state index is 14.9. The van der Waals surface area contributed by atoms with E-state index in [2.05, 4.69) is 111 Å². The summed E-state index contributed by atoms with van der Waals surface area (Å²) in [5.41, 5.74) is 10.5. The minimum atomic E-state index is -0.341. The fourth-order valence-electron chi connectivity index (χ4n) is 14.4. The van der Waals surface area contributed by atoms with Crippen LogP contribution in [-0.4, -0.2) is 59.5 Å². The Morgan fingerprint density at radius 2 is 0.875 bits per heavy atom. The van der Waals surface area contributed by atoms with E-state index in [9.17, 15) is 19.2 Å². The van der Waals surface area contributed by atoms with Gasteiger partial charge in [-0.15, -0.1) is 0 Å². The van der Waals surface area contributed by atoms with Crippen molar-refractivity contribution in [2.75, 3.05) is 0 Å². The van der Waals surface area contributed by atoms with E-state index in [1.807, 2.05) is 82.3 Å². The maximum Gasteiger partial charge on any atom is 0.261 e. The molecule has 0 atom stereocenters. The van der Waals surface area contributed by atoms with Crippen molar-refractivity contribution in [3.05, 3.63) is 191 Å². The first-order valence-electron chi connectivity index (χ1n) is 28.6. The number of aryl methyl sites for hydroxylation is 2. The molecular weight excluding hydrogens is 991 g/mol. The number of imide groups is 2. The first kappa shape index (κ1) is 48.3. The molecule has 12 aromatic rings. The zero-order valence-electron chi connectivity index (χ0n) is 45.4. The highest BCUT2D eigenvalue weighted by molar-refractivity contribution is 6.42. The van der Waals surface area contributed by atoms with Crippen molar-refractivity contribution < 1.29 is 23.9 Å². The van der Waals surface area contributed by atoms with Crippen LogP contribution in [0.5, 0.6) is 11.5 Å². The molecular formula is C70H59N5O5. The monoisotopic (exact) mass is 1050 g/mol. The third kappa shape index (κ3) is 7.00. The number of carbonyl (C=O) groups excluding carboxylic acids is 4. The molecule has 394 valence electrons. The van der Waals surface area contributed by atoms with Gasteiger partial charge in [-0.2, -0.15) is 0 Å². The van der Waals surface area contributed by atoms with Crippen molar-refractivity contribution in [3.63, 3.8) is 0 Å². The summed E-state index contributed by atoms with van der Waals surface area (Å²) in [4.78, 5) is 63.8. The van der Waals surface area contributed by atoms with Gasteiger partial charge in [0.15, 0.2) is 0 Å². The highest BCUT2D eigenvalue weighted by Crippen LogP contribution is 2.51. The van der Waals surface area contributed by atoms with E-state index < -0.39 is 0 Å². The highest BCUT2D eigenvalue weighted by atomic mass is 16.5. The first-order valence-corrected chi connectivity index (χ1v) is 28.6. The zero-order chi connectivity index (χ0) is 54.2. The molecule has 0 radical (unpaired) electrons. The van der Waals surface area contributed by atoms with Crippen LogP contribution in [-0.2, 0) is 32.7 Å². The normalized spacial score (nSPS) is 15.2. The number of para-hydroxylation sites is 2. The minimum Gasteiger partial charge on any atom is -0.457 e. The molecule has 0 aliphatic carbocycles. The van der Waals surface area contributed by atoms with Gasteiger partial charge in [-0.25, -0.2) is 0 Å². The van der Waals surface area contributed by atoms with Gasteiger partial charge >= 0.3 is 0 Å². The predicted molar refractivity (Wildman–Crippen MR) is 320 cm³/mol. The number of benzene rings is 10. The highest BCUT2D eigenvalue weighted by Gasteiger charge is 2.41. The van der Waals surface area contributed by atoms with Crippen molar-refractivity contribution >= 4 is 110 Å². The van der Waals surface area contributed by atoms with E-state index in [0.717, 1.165) is 70.5 Å². The van der Waals surface area contributed by atoms with Crippen molar-refractivity contribution in [2.45, 2.75) is 105 Å². The van der Waals surface area contributed by atoms with E-state index in [0.29, 0.717) is 76.8 Å². The quantitative estimate of drug-likeness (QED) is 0.0769. The van der Waals surface area contributed by atoms with Crippen LogP contribution < -0.4 is 4.74 Å². The van der Waals surface area contributed by atoms with Gasteiger partial charge in [-0.1, -0.05) is 107 Å². The van der Waals surface area contributed by atoms with Crippen LogP contribution in [0.25, 0.3) is 86.7 Å². The van der Waals surface area contributed by atoms with Gasteiger partial charge in [-0.05, 0) is 143 Å². The fourth-order valence-corrected chi connectivity index (χ4v) is 14.4. The summed E-state index contributed by atoms with van der Waals surface area (Å²) < 4.78 is 12.1. The van der Waals surface area contributed by atoms with E-state index in [1.54, 1.807) is 0 Å². The number of hydrogen-bond donors (Lipinski definition) is 0. The van der Waals surface area contributed by atoms with E-state index in [1.165, 1.54) is 64.5 Å². The molecule has 6 aliphatic rings. The molecule has 0 fully saturated rings. The molecule has 6 aliphatic heterocycles. The Labute approximate surface area is 462 Å². The Bertz CT molecular complexity index is 4490. The Morgan fingerprint density at radius 3 is 1.40 bits per heavy atom. The smallest absolute Gasteiger partial charge is 0.261 e. The van der Waals surface area contributed by atoms with Crippen molar-refractivity contribution in [3.8, 4) is 11.5 Å². The molecule has 0 saturated carbocycles. The third-order valence-electron chi connectivity index (χ3n) is 18.2. The molecule has 8 heterocycles. The van der Waals surface area contributed by atoms with Crippen LogP contribution in [0.1, 0.15) is 118 Å². The van der Waals surface area contributed by atoms with E-state index in [-0.39, 0.29) is 35.7 Å². The van der Waals surface area contributed by atoms with Crippen LogP contribution in [0.4, 0.5) is 0 Å². The molecule has 0 unspecified atom stereocenters. The summed E-state index contributed by atoms with van der Waals surface area (Å²) in [5.74, 6) is -0.188. The summed E-state index contributed by atoms with van der Waals surface area (Å²) in [5, 5.41) is 11.0. The lowest BCUT2D eigenvalue weighted by Crippen LogP contribution is -2.46. The molecule has 0 saturated heterocycles. The molecule has 4 amide bonds. The number of aromatic nitrogens is 2. The Kier molecular flexibility index (Phi) is 11.1. The van der Waals surface area contributed by atoms with Crippen LogP contribution >= 0.6 is 0 Å². The molecule has 10 heteroatoms. The molecule has 0 spiro atoms. The average Bonchev–Trinajstić information content (AvgIpc) is 2.28. The second kappa shape index (κ2) is 18.4. The SMILES string of the molecule is CCC(CC)N1C(=O)c2ccc3c4ccc5c6c(cc(Oc7ccc(CN8Cc9ccc%10c(c9)c9ccccc9n%10CCCn9c%10ccccc%10c%10cc(ccc%109)C8)cc7)c(c7ccc(c2c37)C1=O)c64)C(=O)N(C(CC)CC)C5=O. The number of nitrogens with zero attached hydrogens (tertiary/aromatic N) is 5. The van der Waals surface area contributed by atoms with E-state index >= 15 is 0 Å².